The Kier molecular flexibility index (Phi) is 5.54. The average molecular weight is 257 g/mol. The molecule has 0 fully saturated rings. The van der Waals surface area contributed by atoms with Crippen LogP contribution >= 0.6 is 0 Å². The molecule has 1 aromatic heterocycles. The number of nitrogens with one attached hydrogen (secondary N) is 1. The van der Waals surface area contributed by atoms with Crippen LogP contribution in [0.5, 0.6) is 0 Å². The molecule has 1 aromatic rings. The van der Waals surface area contributed by atoms with E-state index in [-0.39, 0.29) is 5.75 Å². The van der Waals surface area contributed by atoms with Crippen LogP contribution in [0.25, 0.3) is 0 Å². The predicted molar refractivity (Wildman–Crippen MR) is 68.0 cm³/mol. The van der Waals surface area contributed by atoms with Gasteiger partial charge in [0.15, 0.2) is 0 Å². The third-order valence-electron chi connectivity index (χ3n) is 2.43. The smallest absolute Gasteiger partial charge is 0.214 e. The molecular formula is C11H19N3O2S. The summed E-state index contributed by atoms with van der Waals surface area (Å²) in [6.45, 7) is 1.08. The molecule has 0 aliphatic rings. The van der Waals surface area contributed by atoms with Gasteiger partial charge in [0.1, 0.15) is 0 Å². The van der Waals surface area contributed by atoms with Crippen LogP contribution in [0.1, 0.15) is 12.0 Å². The zero-order valence-corrected chi connectivity index (χ0v) is 11.1. The maximum absolute atomic E-state index is 11.9. The van der Waals surface area contributed by atoms with Crippen LogP contribution in [-0.2, 0) is 16.6 Å². The zero-order valence-electron chi connectivity index (χ0n) is 10.3. The molecule has 0 unspecified atom stereocenters. The fourth-order valence-electron chi connectivity index (χ4n) is 1.43. The Bertz CT molecular complexity index is 420. The highest BCUT2D eigenvalue weighted by Gasteiger charge is 2.17. The van der Waals surface area contributed by atoms with Gasteiger partial charge in [-0.25, -0.2) is 12.7 Å². The number of rotatable bonds is 7. The molecule has 0 aromatic carbocycles. The van der Waals surface area contributed by atoms with Gasteiger partial charge in [0.2, 0.25) is 10.0 Å². The van der Waals surface area contributed by atoms with Crippen molar-refractivity contribution < 1.29 is 8.42 Å². The molecule has 0 amide bonds. The predicted octanol–water partition coefficient (Wildman–Crippen LogP) is 0.453. The summed E-state index contributed by atoms with van der Waals surface area (Å²) < 4.78 is 25.1. The van der Waals surface area contributed by atoms with Gasteiger partial charge in [-0.1, -0.05) is 6.07 Å². The largest absolute Gasteiger partial charge is 0.320 e. The second-order valence-electron chi connectivity index (χ2n) is 3.89. The van der Waals surface area contributed by atoms with Gasteiger partial charge in [-0.15, -0.1) is 0 Å². The summed E-state index contributed by atoms with van der Waals surface area (Å²) in [7, 11) is 0.245. The molecule has 0 saturated heterocycles. The van der Waals surface area contributed by atoms with Crippen LogP contribution in [0.2, 0.25) is 0 Å². The van der Waals surface area contributed by atoms with Gasteiger partial charge in [0, 0.05) is 26.0 Å². The fraction of sp³-hybridized carbons (Fsp3) is 0.545. The molecule has 96 valence electrons. The Morgan fingerprint density at radius 3 is 2.82 bits per heavy atom. The van der Waals surface area contributed by atoms with E-state index in [1.165, 1.54) is 4.31 Å². The number of nitrogens with zero attached hydrogens (tertiary/aromatic N) is 2. The topological polar surface area (TPSA) is 62.3 Å². The van der Waals surface area contributed by atoms with Crippen molar-refractivity contribution in [2.45, 2.75) is 13.0 Å². The molecule has 0 saturated carbocycles. The molecule has 0 aliphatic carbocycles. The molecule has 5 nitrogen and oxygen atoms in total. The minimum Gasteiger partial charge on any atom is -0.320 e. The van der Waals surface area contributed by atoms with Crippen LogP contribution in [0.4, 0.5) is 0 Å². The molecule has 1 N–H and O–H groups in total. The summed E-state index contributed by atoms with van der Waals surface area (Å²) in [6.07, 6.45) is 3.97. The third-order valence-corrected chi connectivity index (χ3v) is 4.32. The third kappa shape index (κ3) is 4.80. The lowest BCUT2D eigenvalue weighted by Crippen LogP contribution is -2.30. The minimum absolute atomic E-state index is 0.171. The average Bonchev–Trinajstić information content (AvgIpc) is 2.30. The quantitative estimate of drug-likeness (QED) is 0.721. The van der Waals surface area contributed by atoms with Gasteiger partial charge in [-0.3, -0.25) is 4.98 Å². The van der Waals surface area contributed by atoms with Crippen LogP contribution in [-0.4, -0.2) is 44.1 Å². The minimum atomic E-state index is -3.17. The molecule has 1 heterocycles. The summed E-state index contributed by atoms with van der Waals surface area (Å²) >= 11 is 0. The number of sulfonamides is 1. The number of hydrogen-bond donors (Lipinski definition) is 1. The van der Waals surface area contributed by atoms with Crippen LogP contribution in [0, 0.1) is 0 Å². The maximum atomic E-state index is 11.9. The SMILES string of the molecule is CNCCCS(=O)(=O)N(C)Cc1cccnc1. The zero-order chi connectivity index (χ0) is 12.7. The maximum Gasteiger partial charge on any atom is 0.214 e. The second kappa shape index (κ2) is 6.68. The standard InChI is InChI=1S/C11H19N3O2S/c1-12-6-4-8-17(15,16)14(2)10-11-5-3-7-13-9-11/h3,5,7,9,12H,4,6,8,10H2,1-2H3. The van der Waals surface area contributed by atoms with Crippen molar-refractivity contribution in [1.82, 2.24) is 14.6 Å². The molecule has 0 radical (unpaired) electrons. The van der Waals surface area contributed by atoms with Gasteiger partial charge < -0.3 is 5.32 Å². The first kappa shape index (κ1) is 14.1. The molecule has 6 heteroatoms. The Morgan fingerprint density at radius 1 is 1.47 bits per heavy atom. The van der Waals surface area contributed by atoms with Crippen molar-refractivity contribution in [2.24, 2.45) is 0 Å². The first-order valence-corrected chi connectivity index (χ1v) is 7.14. The van der Waals surface area contributed by atoms with Crippen LogP contribution < -0.4 is 5.32 Å². The molecule has 1 rings (SSSR count). The van der Waals surface area contributed by atoms with Crippen molar-refractivity contribution in [1.29, 1.82) is 0 Å². The summed E-state index contributed by atoms with van der Waals surface area (Å²) in [5.74, 6) is 0.171. The molecule has 0 atom stereocenters. The Balaban J connectivity index is 2.54. The number of hydrogen-bond acceptors (Lipinski definition) is 4. The second-order valence-corrected chi connectivity index (χ2v) is 6.09. The monoisotopic (exact) mass is 257 g/mol. The first-order chi connectivity index (χ1) is 8.06. The Hall–Kier alpha value is -0.980. The number of aromatic nitrogens is 1. The lowest BCUT2D eigenvalue weighted by molar-refractivity contribution is 0.464. The van der Waals surface area contributed by atoms with Crippen LogP contribution in [0.3, 0.4) is 0 Å². The summed E-state index contributed by atoms with van der Waals surface area (Å²) in [5, 5.41) is 2.94. The molecule has 0 spiro atoms. The van der Waals surface area contributed by atoms with E-state index in [9.17, 15) is 8.42 Å². The van der Waals surface area contributed by atoms with E-state index in [2.05, 4.69) is 10.3 Å². The van der Waals surface area contributed by atoms with Crippen LogP contribution in [0.15, 0.2) is 24.5 Å². The highest BCUT2D eigenvalue weighted by atomic mass is 32.2. The van der Waals surface area contributed by atoms with Crippen molar-refractivity contribution in [3.63, 3.8) is 0 Å². The summed E-state index contributed by atoms with van der Waals surface area (Å²) in [5.41, 5.74) is 0.896. The number of pyridine rings is 1. The molecule has 0 aliphatic heterocycles. The van der Waals surface area contributed by atoms with E-state index in [0.29, 0.717) is 19.5 Å². The molecule has 0 bridgehead atoms. The fourth-order valence-corrected chi connectivity index (χ4v) is 2.60. The molecular weight excluding hydrogens is 238 g/mol. The van der Waals surface area contributed by atoms with Gasteiger partial charge in [0.05, 0.1) is 5.75 Å². The van der Waals surface area contributed by atoms with E-state index >= 15 is 0 Å². The lowest BCUT2D eigenvalue weighted by Gasteiger charge is -2.16. The van der Waals surface area contributed by atoms with Gasteiger partial charge in [-0.2, -0.15) is 0 Å². The summed E-state index contributed by atoms with van der Waals surface area (Å²) in [6, 6.07) is 3.67. The Morgan fingerprint density at radius 2 is 2.24 bits per heavy atom. The van der Waals surface area contributed by atoms with Crippen molar-refractivity contribution >= 4 is 10.0 Å². The van der Waals surface area contributed by atoms with E-state index in [0.717, 1.165) is 5.56 Å². The van der Waals surface area contributed by atoms with Gasteiger partial charge in [0.25, 0.3) is 0 Å². The first-order valence-electron chi connectivity index (χ1n) is 5.54. The normalized spacial score (nSPS) is 11.9. The van der Waals surface area contributed by atoms with E-state index in [4.69, 9.17) is 0 Å². The van der Waals surface area contributed by atoms with Crippen molar-refractivity contribution in [2.75, 3.05) is 26.4 Å². The lowest BCUT2D eigenvalue weighted by atomic mass is 10.3. The van der Waals surface area contributed by atoms with Gasteiger partial charge in [-0.05, 0) is 31.6 Å². The highest BCUT2D eigenvalue weighted by molar-refractivity contribution is 7.89. The van der Waals surface area contributed by atoms with Gasteiger partial charge >= 0.3 is 0 Å². The molecule has 17 heavy (non-hydrogen) atoms. The highest BCUT2D eigenvalue weighted by Crippen LogP contribution is 2.07. The van der Waals surface area contributed by atoms with Crippen molar-refractivity contribution in [3.05, 3.63) is 30.1 Å². The summed E-state index contributed by atoms with van der Waals surface area (Å²) in [4.78, 5) is 3.96. The van der Waals surface area contributed by atoms with Crippen molar-refractivity contribution in [3.8, 4) is 0 Å². The van der Waals surface area contributed by atoms with E-state index in [1.807, 2.05) is 13.1 Å². The van der Waals surface area contributed by atoms with E-state index < -0.39 is 10.0 Å². The Labute approximate surface area is 103 Å². The van der Waals surface area contributed by atoms with E-state index in [1.54, 1.807) is 25.5 Å².